The number of ether oxygens (including phenoxy) is 1. The second-order valence-electron chi connectivity index (χ2n) is 5.41. The number of nitrogens with one attached hydrogen (secondary N) is 1. The van der Waals surface area contributed by atoms with Gasteiger partial charge in [0.1, 0.15) is 0 Å². The van der Waals surface area contributed by atoms with Gasteiger partial charge in [0.15, 0.2) is 0 Å². The van der Waals surface area contributed by atoms with Gasteiger partial charge in [-0.05, 0) is 41.3 Å². The third-order valence-corrected chi connectivity index (χ3v) is 3.89. The summed E-state index contributed by atoms with van der Waals surface area (Å²) in [5.41, 5.74) is 2.70. The van der Waals surface area contributed by atoms with Crippen LogP contribution >= 0.6 is 0 Å². The predicted octanol–water partition coefficient (Wildman–Crippen LogP) is 3.84. The number of hydrogen-bond acceptors (Lipinski definition) is 2. The fraction of sp³-hybridized carbons (Fsp3) is 0.333. The van der Waals surface area contributed by atoms with Crippen LogP contribution in [0.5, 0.6) is 0 Å². The zero-order valence-corrected chi connectivity index (χ0v) is 11.9. The average Bonchev–Trinajstić information content (AvgIpc) is 2.53. The molecule has 104 valence electrons. The molecule has 3 rings (SSSR count). The minimum Gasteiger partial charge on any atom is -0.377 e. The van der Waals surface area contributed by atoms with Gasteiger partial charge in [-0.3, -0.25) is 0 Å². The first kappa shape index (κ1) is 13.3. The Morgan fingerprint density at radius 1 is 1.15 bits per heavy atom. The minimum atomic E-state index is 0.349. The van der Waals surface area contributed by atoms with Crippen molar-refractivity contribution in [2.45, 2.75) is 19.4 Å². The molecule has 1 aliphatic heterocycles. The Bertz CT molecular complexity index is 618. The first-order valence-electron chi connectivity index (χ1n) is 7.31. The van der Waals surface area contributed by atoms with Crippen molar-refractivity contribution in [2.75, 3.05) is 19.8 Å². The van der Waals surface area contributed by atoms with E-state index in [1.54, 1.807) is 0 Å². The van der Waals surface area contributed by atoms with E-state index in [1.165, 1.54) is 21.9 Å². The van der Waals surface area contributed by atoms with Gasteiger partial charge in [0.05, 0.1) is 13.2 Å². The van der Waals surface area contributed by atoms with Crippen LogP contribution in [0.4, 0.5) is 0 Å². The highest BCUT2D eigenvalue weighted by atomic mass is 16.5. The molecule has 0 aromatic heterocycles. The van der Waals surface area contributed by atoms with E-state index in [-0.39, 0.29) is 0 Å². The van der Waals surface area contributed by atoms with Crippen LogP contribution in [0, 0.1) is 0 Å². The summed E-state index contributed by atoms with van der Waals surface area (Å²) in [6.45, 7) is 4.77. The number of hydrogen-bond donors (Lipinski definition) is 1. The summed E-state index contributed by atoms with van der Waals surface area (Å²) in [5, 5.41) is 6.19. The summed E-state index contributed by atoms with van der Waals surface area (Å²) >= 11 is 0. The van der Waals surface area contributed by atoms with Gasteiger partial charge < -0.3 is 10.1 Å². The van der Waals surface area contributed by atoms with Crippen molar-refractivity contribution < 1.29 is 4.74 Å². The molecule has 2 aromatic rings. The van der Waals surface area contributed by atoms with Crippen LogP contribution < -0.4 is 5.32 Å². The summed E-state index contributed by atoms with van der Waals surface area (Å²) in [6, 6.07) is 15.5. The van der Waals surface area contributed by atoms with E-state index in [4.69, 9.17) is 4.74 Å². The van der Waals surface area contributed by atoms with E-state index in [0.29, 0.717) is 6.04 Å². The van der Waals surface area contributed by atoms with Gasteiger partial charge >= 0.3 is 0 Å². The smallest absolute Gasteiger partial charge is 0.0689 e. The number of rotatable bonds is 4. The Hall–Kier alpha value is -1.64. The lowest BCUT2D eigenvalue weighted by Gasteiger charge is -2.18. The molecule has 2 aromatic carbocycles. The van der Waals surface area contributed by atoms with Gasteiger partial charge in [0.2, 0.25) is 0 Å². The summed E-state index contributed by atoms with van der Waals surface area (Å²) in [6.07, 6.45) is 3.34. The van der Waals surface area contributed by atoms with Gasteiger partial charge in [0, 0.05) is 12.6 Å². The molecule has 1 N–H and O–H groups in total. The highest BCUT2D eigenvalue weighted by molar-refractivity contribution is 5.83. The van der Waals surface area contributed by atoms with E-state index in [2.05, 4.69) is 60.8 Å². The summed E-state index contributed by atoms with van der Waals surface area (Å²) in [7, 11) is 0. The van der Waals surface area contributed by atoms with Crippen molar-refractivity contribution in [1.82, 2.24) is 5.32 Å². The first-order chi connectivity index (χ1) is 9.83. The lowest BCUT2D eigenvalue weighted by molar-refractivity contribution is 0.148. The number of benzene rings is 2. The maximum Gasteiger partial charge on any atom is 0.0689 e. The molecule has 0 radical (unpaired) electrons. The molecule has 1 atom stereocenters. The second kappa shape index (κ2) is 6.21. The Morgan fingerprint density at radius 2 is 2.00 bits per heavy atom. The molecule has 2 heteroatoms. The van der Waals surface area contributed by atoms with Crippen LogP contribution in [0.15, 0.2) is 54.1 Å². The van der Waals surface area contributed by atoms with E-state index in [1.807, 2.05) is 0 Å². The zero-order chi connectivity index (χ0) is 13.8. The van der Waals surface area contributed by atoms with E-state index >= 15 is 0 Å². The van der Waals surface area contributed by atoms with Gasteiger partial charge in [-0.25, -0.2) is 0 Å². The second-order valence-corrected chi connectivity index (χ2v) is 5.41. The van der Waals surface area contributed by atoms with Crippen molar-refractivity contribution >= 4 is 10.8 Å². The molecule has 0 saturated carbocycles. The van der Waals surface area contributed by atoms with Crippen LogP contribution in [0.1, 0.15) is 24.9 Å². The molecular weight excluding hydrogens is 246 g/mol. The van der Waals surface area contributed by atoms with Crippen molar-refractivity contribution in [3.63, 3.8) is 0 Å². The molecule has 2 nitrogen and oxygen atoms in total. The number of fused-ring (bicyclic) bond motifs is 1. The van der Waals surface area contributed by atoms with Gasteiger partial charge in [0.25, 0.3) is 0 Å². The third kappa shape index (κ3) is 3.09. The molecule has 0 aliphatic carbocycles. The van der Waals surface area contributed by atoms with E-state index in [9.17, 15) is 0 Å². The lowest BCUT2D eigenvalue weighted by Crippen LogP contribution is -2.24. The molecular formula is C18H21NO. The molecule has 0 fully saturated rings. The summed E-state index contributed by atoms with van der Waals surface area (Å²) in [5.74, 6) is 0. The third-order valence-electron chi connectivity index (χ3n) is 3.89. The quantitative estimate of drug-likeness (QED) is 0.850. The van der Waals surface area contributed by atoms with Crippen LogP contribution in [0.3, 0.4) is 0 Å². The highest BCUT2D eigenvalue weighted by Crippen LogP contribution is 2.20. The van der Waals surface area contributed by atoms with Crippen molar-refractivity contribution in [2.24, 2.45) is 0 Å². The van der Waals surface area contributed by atoms with Crippen molar-refractivity contribution in [1.29, 1.82) is 0 Å². The van der Waals surface area contributed by atoms with Crippen LogP contribution in [-0.2, 0) is 4.74 Å². The molecule has 1 aliphatic rings. The molecule has 1 heterocycles. The largest absolute Gasteiger partial charge is 0.377 e. The summed E-state index contributed by atoms with van der Waals surface area (Å²) in [4.78, 5) is 0. The predicted molar refractivity (Wildman–Crippen MR) is 83.9 cm³/mol. The van der Waals surface area contributed by atoms with Crippen molar-refractivity contribution in [3.05, 3.63) is 59.7 Å². The van der Waals surface area contributed by atoms with Crippen molar-refractivity contribution in [3.8, 4) is 0 Å². The fourth-order valence-corrected chi connectivity index (χ4v) is 2.61. The van der Waals surface area contributed by atoms with Crippen LogP contribution in [0.25, 0.3) is 10.8 Å². The molecule has 0 bridgehead atoms. The maximum atomic E-state index is 5.47. The minimum absolute atomic E-state index is 0.349. The van der Waals surface area contributed by atoms with E-state index in [0.717, 1.165) is 26.2 Å². The topological polar surface area (TPSA) is 21.3 Å². The average molecular weight is 267 g/mol. The standard InChI is InChI=1S/C18H21NO/c1-14(19-12-15-5-4-10-20-13-15)17-9-8-16-6-2-3-7-18(16)11-17/h2-3,5-9,11,14,19H,4,10,12-13H2,1H3. The zero-order valence-electron chi connectivity index (χ0n) is 11.9. The molecule has 0 saturated heterocycles. The Kier molecular flexibility index (Phi) is 4.14. The molecule has 0 amide bonds. The lowest BCUT2D eigenvalue weighted by atomic mass is 10.0. The summed E-state index contributed by atoms with van der Waals surface area (Å²) < 4.78 is 5.47. The monoisotopic (exact) mass is 267 g/mol. The Labute approximate surface area is 120 Å². The van der Waals surface area contributed by atoms with Gasteiger partial charge in [-0.1, -0.05) is 42.5 Å². The van der Waals surface area contributed by atoms with Gasteiger partial charge in [-0.15, -0.1) is 0 Å². The molecule has 20 heavy (non-hydrogen) atoms. The highest BCUT2D eigenvalue weighted by Gasteiger charge is 2.08. The fourth-order valence-electron chi connectivity index (χ4n) is 2.61. The van der Waals surface area contributed by atoms with Crippen LogP contribution in [-0.4, -0.2) is 19.8 Å². The SMILES string of the molecule is CC(NCC1=CCCOC1)c1ccc2ccccc2c1. The normalized spacial score (nSPS) is 16.9. The molecule has 0 spiro atoms. The van der Waals surface area contributed by atoms with Crippen LogP contribution in [0.2, 0.25) is 0 Å². The van der Waals surface area contributed by atoms with E-state index < -0.39 is 0 Å². The first-order valence-corrected chi connectivity index (χ1v) is 7.31. The Morgan fingerprint density at radius 3 is 2.80 bits per heavy atom. The Balaban J connectivity index is 1.68. The van der Waals surface area contributed by atoms with Gasteiger partial charge in [-0.2, -0.15) is 0 Å². The maximum absolute atomic E-state index is 5.47. The molecule has 1 unspecified atom stereocenters.